The fourth-order valence-corrected chi connectivity index (χ4v) is 3.06. The van der Waals surface area contributed by atoms with Crippen molar-refractivity contribution in [1.29, 1.82) is 0 Å². The molecule has 110 valence electrons. The summed E-state index contributed by atoms with van der Waals surface area (Å²) in [5, 5.41) is 3.34. The van der Waals surface area contributed by atoms with Crippen LogP contribution in [-0.4, -0.2) is 18.2 Å². The molecule has 0 radical (unpaired) electrons. The molecule has 1 aromatic rings. The van der Waals surface area contributed by atoms with Gasteiger partial charge in [-0.1, -0.05) is 0 Å². The van der Waals surface area contributed by atoms with Gasteiger partial charge in [0.05, 0.1) is 11.2 Å². The van der Waals surface area contributed by atoms with Gasteiger partial charge in [-0.2, -0.15) is 13.2 Å². The second kappa shape index (κ2) is 4.95. The predicted molar refractivity (Wildman–Crippen MR) is 70.6 cm³/mol. The van der Waals surface area contributed by atoms with E-state index < -0.39 is 11.7 Å². The Bertz CT molecular complexity index is 465. The first-order valence-electron chi connectivity index (χ1n) is 7.05. The maximum atomic E-state index is 12.5. The highest BCUT2D eigenvalue weighted by Crippen LogP contribution is 2.42. The minimum absolute atomic E-state index is 0.0435. The van der Waals surface area contributed by atoms with Gasteiger partial charge in [-0.05, 0) is 56.4 Å². The van der Waals surface area contributed by atoms with Crippen molar-refractivity contribution in [2.24, 2.45) is 0 Å². The molecule has 1 spiro atoms. The molecule has 1 aliphatic heterocycles. The third kappa shape index (κ3) is 2.77. The average molecular weight is 285 g/mol. The van der Waals surface area contributed by atoms with Crippen molar-refractivity contribution in [1.82, 2.24) is 0 Å². The molecule has 1 atom stereocenters. The van der Waals surface area contributed by atoms with Gasteiger partial charge in [0.1, 0.15) is 0 Å². The lowest BCUT2D eigenvalue weighted by molar-refractivity contribution is -0.137. The highest BCUT2D eigenvalue weighted by atomic mass is 19.4. The SMILES string of the molecule is FC(F)(F)c1ccc(NC2CCOC3(CCC3)C2)cc1. The van der Waals surface area contributed by atoms with Crippen LogP contribution in [-0.2, 0) is 10.9 Å². The van der Waals surface area contributed by atoms with Crippen molar-refractivity contribution in [3.63, 3.8) is 0 Å². The summed E-state index contributed by atoms with van der Waals surface area (Å²) in [7, 11) is 0. The Morgan fingerprint density at radius 1 is 1.15 bits per heavy atom. The molecule has 1 N–H and O–H groups in total. The number of halogens is 3. The quantitative estimate of drug-likeness (QED) is 0.878. The van der Waals surface area contributed by atoms with Gasteiger partial charge in [-0.3, -0.25) is 0 Å². The summed E-state index contributed by atoms with van der Waals surface area (Å²) < 4.78 is 43.3. The Morgan fingerprint density at radius 2 is 1.85 bits per heavy atom. The monoisotopic (exact) mass is 285 g/mol. The Kier molecular flexibility index (Phi) is 3.40. The second-order valence-corrected chi connectivity index (χ2v) is 5.79. The largest absolute Gasteiger partial charge is 0.416 e. The molecule has 1 aliphatic carbocycles. The summed E-state index contributed by atoms with van der Waals surface area (Å²) in [4.78, 5) is 0. The summed E-state index contributed by atoms with van der Waals surface area (Å²) in [6, 6.07) is 5.56. The first-order valence-corrected chi connectivity index (χ1v) is 7.05. The zero-order valence-corrected chi connectivity index (χ0v) is 11.2. The number of hydrogen-bond acceptors (Lipinski definition) is 2. The van der Waals surface area contributed by atoms with Gasteiger partial charge in [0.15, 0.2) is 0 Å². The van der Waals surface area contributed by atoms with E-state index in [0.29, 0.717) is 6.04 Å². The standard InChI is InChI=1S/C15H18F3NO/c16-15(17,18)11-2-4-12(5-3-11)19-13-6-9-20-14(10-13)7-1-8-14/h2-5,13,19H,1,6-10H2. The van der Waals surface area contributed by atoms with Gasteiger partial charge in [0, 0.05) is 18.3 Å². The molecule has 3 rings (SSSR count). The van der Waals surface area contributed by atoms with E-state index in [2.05, 4.69) is 5.32 Å². The average Bonchev–Trinajstić information content (AvgIpc) is 2.37. The third-order valence-corrected chi connectivity index (χ3v) is 4.34. The fraction of sp³-hybridized carbons (Fsp3) is 0.600. The third-order valence-electron chi connectivity index (χ3n) is 4.34. The van der Waals surface area contributed by atoms with Gasteiger partial charge in [0.25, 0.3) is 0 Å². The highest BCUT2D eigenvalue weighted by molar-refractivity contribution is 5.46. The molecule has 2 fully saturated rings. The molecular formula is C15H18F3NO. The lowest BCUT2D eigenvalue weighted by Crippen LogP contribution is -2.49. The van der Waals surface area contributed by atoms with Gasteiger partial charge in [0.2, 0.25) is 0 Å². The van der Waals surface area contributed by atoms with Crippen molar-refractivity contribution in [3.8, 4) is 0 Å². The molecule has 2 aliphatic rings. The Morgan fingerprint density at radius 3 is 2.40 bits per heavy atom. The molecule has 0 aromatic heterocycles. The zero-order valence-electron chi connectivity index (χ0n) is 11.2. The number of anilines is 1. The smallest absolute Gasteiger partial charge is 0.382 e. The minimum Gasteiger partial charge on any atom is -0.382 e. The normalized spacial score (nSPS) is 25.2. The van der Waals surface area contributed by atoms with E-state index in [9.17, 15) is 13.2 Å². The van der Waals surface area contributed by atoms with E-state index in [0.717, 1.165) is 50.1 Å². The number of ether oxygens (including phenoxy) is 1. The Hall–Kier alpha value is -1.23. The van der Waals surface area contributed by atoms with Gasteiger partial charge in [-0.15, -0.1) is 0 Å². The van der Waals surface area contributed by atoms with Crippen molar-refractivity contribution in [2.45, 2.75) is 49.9 Å². The van der Waals surface area contributed by atoms with Crippen LogP contribution in [0.25, 0.3) is 0 Å². The molecule has 1 unspecified atom stereocenters. The van der Waals surface area contributed by atoms with Crippen LogP contribution in [0.3, 0.4) is 0 Å². The fourth-order valence-electron chi connectivity index (χ4n) is 3.06. The molecule has 1 heterocycles. The van der Waals surface area contributed by atoms with Crippen LogP contribution in [0.5, 0.6) is 0 Å². The van der Waals surface area contributed by atoms with Crippen LogP contribution in [0.2, 0.25) is 0 Å². The Labute approximate surface area is 116 Å². The second-order valence-electron chi connectivity index (χ2n) is 5.79. The molecule has 5 heteroatoms. The molecule has 0 amide bonds. The van der Waals surface area contributed by atoms with Crippen molar-refractivity contribution < 1.29 is 17.9 Å². The van der Waals surface area contributed by atoms with E-state index in [1.54, 1.807) is 0 Å². The summed E-state index contributed by atoms with van der Waals surface area (Å²) >= 11 is 0. The molecule has 1 aromatic carbocycles. The molecule has 2 nitrogen and oxygen atoms in total. The van der Waals surface area contributed by atoms with Crippen LogP contribution in [0.15, 0.2) is 24.3 Å². The molecule has 0 bridgehead atoms. The zero-order chi connectivity index (χ0) is 14.2. The van der Waals surface area contributed by atoms with E-state index in [-0.39, 0.29) is 5.60 Å². The topological polar surface area (TPSA) is 21.3 Å². The lowest BCUT2D eigenvalue weighted by Gasteiger charge is -2.47. The number of hydrogen-bond donors (Lipinski definition) is 1. The molecular weight excluding hydrogens is 267 g/mol. The maximum Gasteiger partial charge on any atom is 0.416 e. The van der Waals surface area contributed by atoms with Gasteiger partial charge in [-0.25, -0.2) is 0 Å². The number of rotatable bonds is 2. The van der Waals surface area contributed by atoms with Gasteiger partial charge < -0.3 is 10.1 Å². The summed E-state index contributed by atoms with van der Waals surface area (Å²) in [5.74, 6) is 0. The first-order chi connectivity index (χ1) is 9.47. The van der Waals surface area contributed by atoms with Crippen LogP contribution in [0.4, 0.5) is 18.9 Å². The Balaban J connectivity index is 1.63. The van der Waals surface area contributed by atoms with E-state index in [4.69, 9.17) is 4.74 Å². The van der Waals surface area contributed by atoms with Crippen molar-refractivity contribution in [3.05, 3.63) is 29.8 Å². The molecule has 1 saturated carbocycles. The van der Waals surface area contributed by atoms with Crippen LogP contribution in [0.1, 0.15) is 37.7 Å². The molecule has 20 heavy (non-hydrogen) atoms. The molecule has 1 saturated heterocycles. The predicted octanol–water partition coefficient (Wildman–Crippen LogP) is 4.22. The number of benzene rings is 1. The lowest BCUT2D eigenvalue weighted by atomic mass is 9.74. The summed E-state index contributed by atoms with van der Waals surface area (Å²) in [6.07, 6.45) is 1.02. The summed E-state index contributed by atoms with van der Waals surface area (Å²) in [6.45, 7) is 0.734. The summed E-state index contributed by atoms with van der Waals surface area (Å²) in [5.41, 5.74) is 0.187. The van der Waals surface area contributed by atoms with Crippen LogP contribution >= 0.6 is 0 Å². The van der Waals surface area contributed by atoms with Crippen LogP contribution < -0.4 is 5.32 Å². The van der Waals surface area contributed by atoms with Crippen molar-refractivity contribution >= 4 is 5.69 Å². The van der Waals surface area contributed by atoms with Crippen LogP contribution in [0, 0.1) is 0 Å². The maximum absolute atomic E-state index is 12.5. The highest BCUT2D eigenvalue weighted by Gasteiger charge is 2.42. The van der Waals surface area contributed by atoms with E-state index in [1.165, 1.54) is 18.6 Å². The van der Waals surface area contributed by atoms with Crippen molar-refractivity contribution in [2.75, 3.05) is 11.9 Å². The minimum atomic E-state index is -4.27. The van der Waals surface area contributed by atoms with Gasteiger partial charge >= 0.3 is 6.18 Å². The van der Waals surface area contributed by atoms with E-state index >= 15 is 0 Å². The van der Waals surface area contributed by atoms with E-state index in [1.807, 2.05) is 0 Å². The first kappa shape index (κ1) is 13.7. The number of nitrogens with one attached hydrogen (secondary N) is 1. The number of alkyl halides is 3.